The first kappa shape index (κ1) is 13.6. The van der Waals surface area contributed by atoms with E-state index in [0.717, 1.165) is 22.6 Å². The highest BCUT2D eigenvalue weighted by Gasteiger charge is 2.29. The average molecular weight is 312 g/mol. The standard InChI is InChI=1S/C14H16N8O/c1-8-4-11-15-7-17-22(11)6-9(8)19-14(2)16-5-10-12(20-14)18-13(23)21(10)3/h4-7,19-20H,1-3H3,(H,18,23). The maximum atomic E-state index is 11.7. The monoisotopic (exact) mass is 312 g/mol. The first-order chi connectivity index (χ1) is 11.0. The highest BCUT2D eigenvalue weighted by atomic mass is 16.1. The molecule has 0 aliphatic carbocycles. The summed E-state index contributed by atoms with van der Waals surface area (Å²) in [7, 11) is 1.70. The minimum atomic E-state index is -0.781. The van der Waals surface area contributed by atoms with E-state index in [1.807, 2.05) is 26.1 Å². The highest BCUT2D eigenvalue weighted by Crippen LogP contribution is 2.26. The Morgan fingerprint density at radius 2 is 2.22 bits per heavy atom. The molecule has 9 heteroatoms. The first-order valence-corrected chi connectivity index (χ1v) is 7.16. The number of imidazole rings is 1. The second-order valence-corrected chi connectivity index (χ2v) is 5.76. The zero-order chi connectivity index (χ0) is 16.2. The van der Waals surface area contributed by atoms with Crippen LogP contribution < -0.4 is 16.3 Å². The third-order valence-corrected chi connectivity index (χ3v) is 3.97. The molecule has 0 bridgehead atoms. The van der Waals surface area contributed by atoms with Gasteiger partial charge in [-0.15, -0.1) is 0 Å². The van der Waals surface area contributed by atoms with Crippen LogP contribution in [0.4, 0.5) is 11.5 Å². The molecular weight excluding hydrogens is 296 g/mol. The topological polar surface area (TPSA) is 104 Å². The molecule has 0 radical (unpaired) electrons. The smallest absolute Gasteiger partial charge is 0.327 e. The van der Waals surface area contributed by atoms with Gasteiger partial charge in [-0.2, -0.15) is 5.10 Å². The lowest BCUT2D eigenvalue weighted by atomic mass is 10.2. The predicted octanol–water partition coefficient (Wildman–Crippen LogP) is 0.695. The molecule has 0 aromatic carbocycles. The van der Waals surface area contributed by atoms with Gasteiger partial charge in [-0.25, -0.2) is 19.3 Å². The van der Waals surface area contributed by atoms with Crippen molar-refractivity contribution in [1.29, 1.82) is 0 Å². The molecule has 1 aliphatic rings. The number of aliphatic imine (C=N–C) groups is 1. The number of rotatable bonds is 2. The zero-order valence-corrected chi connectivity index (χ0v) is 13.0. The number of hydrogen-bond donors (Lipinski definition) is 3. The number of anilines is 2. The summed E-state index contributed by atoms with van der Waals surface area (Å²) in [6.07, 6.45) is 5.06. The lowest BCUT2D eigenvalue weighted by molar-refractivity contribution is 0.611. The van der Waals surface area contributed by atoms with Crippen LogP contribution in [0.2, 0.25) is 0 Å². The van der Waals surface area contributed by atoms with Crippen molar-refractivity contribution in [3.63, 3.8) is 0 Å². The van der Waals surface area contributed by atoms with E-state index >= 15 is 0 Å². The Balaban J connectivity index is 1.70. The van der Waals surface area contributed by atoms with Crippen LogP contribution in [0.5, 0.6) is 0 Å². The largest absolute Gasteiger partial charge is 0.343 e. The van der Waals surface area contributed by atoms with Crippen molar-refractivity contribution >= 4 is 23.4 Å². The molecular formula is C14H16N8O. The first-order valence-electron chi connectivity index (χ1n) is 7.16. The highest BCUT2D eigenvalue weighted by molar-refractivity contribution is 5.87. The van der Waals surface area contributed by atoms with E-state index in [1.165, 1.54) is 10.9 Å². The molecule has 1 aliphatic heterocycles. The summed E-state index contributed by atoms with van der Waals surface area (Å²) in [5.41, 5.74) is 3.22. The predicted molar refractivity (Wildman–Crippen MR) is 87.0 cm³/mol. The maximum Gasteiger partial charge on any atom is 0.327 e. The number of aromatic amines is 1. The molecule has 3 aromatic rings. The van der Waals surface area contributed by atoms with Crippen LogP contribution in [-0.2, 0) is 7.05 Å². The number of pyridine rings is 1. The molecule has 4 heterocycles. The van der Waals surface area contributed by atoms with Gasteiger partial charge in [0.1, 0.15) is 17.8 Å². The molecule has 4 rings (SSSR count). The second-order valence-electron chi connectivity index (χ2n) is 5.76. The molecule has 0 amide bonds. The van der Waals surface area contributed by atoms with E-state index < -0.39 is 5.79 Å². The van der Waals surface area contributed by atoms with Gasteiger partial charge in [0.25, 0.3) is 0 Å². The number of H-pyrrole nitrogens is 1. The molecule has 1 atom stereocenters. The van der Waals surface area contributed by atoms with Gasteiger partial charge in [0.15, 0.2) is 5.65 Å². The van der Waals surface area contributed by atoms with E-state index in [9.17, 15) is 4.79 Å². The summed E-state index contributed by atoms with van der Waals surface area (Å²) in [5, 5.41) is 10.7. The van der Waals surface area contributed by atoms with Crippen molar-refractivity contribution in [3.8, 4) is 0 Å². The van der Waals surface area contributed by atoms with Crippen LogP contribution >= 0.6 is 0 Å². The summed E-state index contributed by atoms with van der Waals surface area (Å²) in [6.45, 7) is 3.88. The van der Waals surface area contributed by atoms with Crippen molar-refractivity contribution in [2.45, 2.75) is 19.6 Å². The molecule has 0 fully saturated rings. The normalized spacial score (nSPS) is 19.6. The Labute approximate surface area is 131 Å². The maximum absolute atomic E-state index is 11.7. The SMILES string of the molecule is Cc1cc2ncnn2cc1NC1(C)N=Cc2c([nH]c(=O)n2C)N1. The van der Waals surface area contributed by atoms with Gasteiger partial charge in [-0.05, 0) is 25.5 Å². The van der Waals surface area contributed by atoms with E-state index in [2.05, 4.69) is 30.7 Å². The van der Waals surface area contributed by atoms with Crippen molar-refractivity contribution < 1.29 is 0 Å². The summed E-state index contributed by atoms with van der Waals surface area (Å²) < 4.78 is 3.21. The van der Waals surface area contributed by atoms with Gasteiger partial charge in [0.05, 0.1) is 18.1 Å². The van der Waals surface area contributed by atoms with Gasteiger partial charge < -0.3 is 10.6 Å². The summed E-state index contributed by atoms with van der Waals surface area (Å²) in [4.78, 5) is 23.2. The van der Waals surface area contributed by atoms with Gasteiger partial charge in [0.2, 0.25) is 5.79 Å². The number of aromatic nitrogens is 5. The molecule has 1 unspecified atom stereocenters. The molecule has 3 N–H and O–H groups in total. The van der Waals surface area contributed by atoms with Crippen molar-refractivity contribution in [2.75, 3.05) is 10.6 Å². The third kappa shape index (κ3) is 2.08. The van der Waals surface area contributed by atoms with Crippen LogP contribution in [0.1, 0.15) is 18.2 Å². The Bertz CT molecular complexity index is 994. The van der Waals surface area contributed by atoms with E-state index in [1.54, 1.807) is 17.8 Å². The van der Waals surface area contributed by atoms with Gasteiger partial charge in [0, 0.05) is 7.05 Å². The van der Waals surface area contributed by atoms with Gasteiger partial charge in [-0.3, -0.25) is 9.55 Å². The number of hydrogen-bond acceptors (Lipinski definition) is 6. The van der Waals surface area contributed by atoms with E-state index in [0.29, 0.717) is 5.82 Å². The van der Waals surface area contributed by atoms with Crippen LogP contribution in [-0.4, -0.2) is 36.2 Å². The Morgan fingerprint density at radius 1 is 1.39 bits per heavy atom. The fourth-order valence-corrected chi connectivity index (χ4v) is 2.66. The van der Waals surface area contributed by atoms with E-state index in [4.69, 9.17) is 0 Å². The van der Waals surface area contributed by atoms with Gasteiger partial charge in [-0.1, -0.05) is 0 Å². The van der Waals surface area contributed by atoms with Crippen LogP contribution in [0, 0.1) is 6.92 Å². The average Bonchev–Trinajstić information content (AvgIpc) is 3.04. The van der Waals surface area contributed by atoms with Crippen molar-refractivity contribution in [2.24, 2.45) is 12.0 Å². The van der Waals surface area contributed by atoms with E-state index in [-0.39, 0.29) is 5.69 Å². The minimum absolute atomic E-state index is 0.182. The summed E-state index contributed by atoms with van der Waals surface area (Å²) in [6, 6.07) is 1.95. The van der Waals surface area contributed by atoms with Gasteiger partial charge >= 0.3 is 5.69 Å². The lowest BCUT2D eigenvalue weighted by Crippen LogP contribution is -2.43. The molecule has 9 nitrogen and oxygen atoms in total. The Hall–Kier alpha value is -3.10. The Morgan fingerprint density at radius 3 is 3.04 bits per heavy atom. The quantitative estimate of drug-likeness (QED) is 0.646. The fourth-order valence-electron chi connectivity index (χ4n) is 2.66. The Kier molecular flexibility index (Phi) is 2.62. The number of nitrogens with zero attached hydrogens (tertiary/aromatic N) is 5. The number of aryl methyl sites for hydroxylation is 1. The molecule has 23 heavy (non-hydrogen) atoms. The number of fused-ring (bicyclic) bond motifs is 2. The van der Waals surface area contributed by atoms with Crippen molar-refractivity contribution in [3.05, 3.63) is 40.3 Å². The van der Waals surface area contributed by atoms with Crippen LogP contribution in [0.15, 0.2) is 28.4 Å². The second kappa shape index (κ2) is 4.45. The molecule has 0 spiro atoms. The molecule has 0 saturated carbocycles. The lowest BCUT2D eigenvalue weighted by Gasteiger charge is -2.32. The zero-order valence-electron chi connectivity index (χ0n) is 13.0. The van der Waals surface area contributed by atoms with Crippen LogP contribution in [0.25, 0.3) is 5.65 Å². The molecule has 118 valence electrons. The van der Waals surface area contributed by atoms with Crippen molar-refractivity contribution in [1.82, 2.24) is 24.1 Å². The van der Waals surface area contributed by atoms with Crippen LogP contribution in [0.3, 0.4) is 0 Å². The summed E-state index contributed by atoms with van der Waals surface area (Å²) in [5.74, 6) is -0.141. The molecule has 0 saturated heterocycles. The number of nitrogens with one attached hydrogen (secondary N) is 3. The fraction of sp³-hybridized carbons (Fsp3) is 0.286. The summed E-state index contributed by atoms with van der Waals surface area (Å²) >= 11 is 0. The minimum Gasteiger partial charge on any atom is -0.343 e. The third-order valence-electron chi connectivity index (χ3n) is 3.97. The molecule has 3 aromatic heterocycles.